The molecule has 0 aliphatic carbocycles. The number of rotatable bonds is 1. The normalized spacial score (nSPS) is 11.6. The van der Waals surface area contributed by atoms with Gasteiger partial charge >= 0.3 is 0 Å². The highest BCUT2D eigenvalue weighted by atomic mass is 127. The summed E-state index contributed by atoms with van der Waals surface area (Å²) in [6.07, 6.45) is 0. The summed E-state index contributed by atoms with van der Waals surface area (Å²) in [5.41, 5.74) is 1.96. The van der Waals surface area contributed by atoms with Crippen LogP contribution in [0.1, 0.15) is 0 Å². The zero-order valence-electron chi connectivity index (χ0n) is 9.48. The molecule has 92 valence electrons. The molecule has 0 saturated carbocycles. The van der Waals surface area contributed by atoms with Crippen molar-refractivity contribution in [2.24, 2.45) is 5.18 Å². The number of hydrogen-bond donors (Lipinski definition) is 1. The van der Waals surface area contributed by atoms with Gasteiger partial charge in [-0.1, -0.05) is 11.2 Å². The Morgan fingerprint density at radius 1 is 1.11 bits per heavy atom. The van der Waals surface area contributed by atoms with Gasteiger partial charge in [-0.2, -0.15) is 5.16 Å². The standard InChI is InChI=1S/C13H6IN3O2/c14-6-1-2-7-8-4-11-12(17-19-16-11)5-10(8)13(15-18)9(7)3-6/h1-5,17H. The van der Waals surface area contributed by atoms with Crippen molar-refractivity contribution >= 4 is 60.9 Å². The van der Waals surface area contributed by atoms with Gasteiger partial charge < -0.3 is 0 Å². The summed E-state index contributed by atoms with van der Waals surface area (Å²) in [5.74, 6) is 0. The Hall–Kier alpha value is -1.96. The van der Waals surface area contributed by atoms with E-state index in [9.17, 15) is 4.91 Å². The van der Waals surface area contributed by atoms with Crippen LogP contribution in [0.15, 0.2) is 40.1 Å². The Labute approximate surface area is 120 Å². The highest BCUT2D eigenvalue weighted by Crippen LogP contribution is 2.41. The molecule has 0 unspecified atom stereocenters. The number of nitrogens with zero attached hydrogens (tertiary/aromatic N) is 2. The minimum absolute atomic E-state index is 0.472. The van der Waals surface area contributed by atoms with Gasteiger partial charge in [0.15, 0.2) is 0 Å². The predicted octanol–water partition coefficient (Wildman–Crippen LogP) is 4.46. The molecule has 4 aromatic rings. The van der Waals surface area contributed by atoms with Gasteiger partial charge in [0.1, 0.15) is 16.7 Å². The monoisotopic (exact) mass is 363 g/mol. The molecule has 0 amide bonds. The lowest BCUT2D eigenvalue weighted by Gasteiger charge is -1.92. The molecule has 0 aliphatic heterocycles. The van der Waals surface area contributed by atoms with Crippen LogP contribution in [0.25, 0.3) is 32.6 Å². The van der Waals surface area contributed by atoms with E-state index < -0.39 is 0 Å². The molecule has 0 fully saturated rings. The Balaban J connectivity index is 2.32. The van der Waals surface area contributed by atoms with Crippen LogP contribution in [0, 0.1) is 8.48 Å². The van der Waals surface area contributed by atoms with E-state index in [-0.39, 0.29) is 0 Å². The summed E-state index contributed by atoms with van der Waals surface area (Å²) in [4.78, 5) is 11.2. The van der Waals surface area contributed by atoms with Crippen LogP contribution >= 0.6 is 22.6 Å². The minimum Gasteiger partial charge on any atom is -0.270 e. The van der Waals surface area contributed by atoms with Crippen molar-refractivity contribution in [2.75, 3.05) is 0 Å². The van der Waals surface area contributed by atoms with Crippen LogP contribution in [0.5, 0.6) is 0 Å². The summed E-state index contributed by atoms with van der Waals surface area (Å²) in [6, 6.07) is 9.75. The smallest absolute Gasteiger partial charge is 0.133 e. The SMILES string of the molecule is O=Nc1c2cc(I)ccc2c2cc3no[nH]c3cc12. The fraction of sp³-hybridized carbons (Fsp3) is 0. The van der Waals surface area contributed by atoms with Crippen LogP contribution in [0.3, 0.4) is 0 Å². The molecule has 1 N–H and O–H groups in total. The molecule has 4 rings (SSSR count). The van der Waals surface area contributed by atoms with E-state index in [2.05, 4.69) is 38.1 Å². The molecular formula is C13H6IN3O2. The summed E-state index contributed by atoms with van der Waals surface area (Å²) >= 11 is 2.22. The van der Waals surface area contributed by atoms with E-state index in [0.29, 0.717) is 5.69 Å². The summed E-state index contributed by atoms with van der Waals surface area (Å²) in [5, 5.41) is 13.4. The van der Waals surface area contributed by atoms with Crippen LogP contribution in [-0.4, -0.2) is 10.3 Å². The fourth-order valence-corrected chi connectivity index (χ4v) is 2.97. The Bertz CT molecular complexity index is 955. The molecule has 0 bridgehead atoms. The van der Waals surface area contributed by atoms with E-state index in [0.717, 1.165) is 36.1 Å². The first kappa shape index (κ1) is 10.9. The van der Waals surface area contributed by atoms with Crippen LogP contribution in [-0.2, 0) is 0 Å². The number of aromatic amines is 1. The quantitative estimate of drug-likeness (QED) is 0.401. The maximum absolute atomic E-state index is 11.2. The molecule has 19 heavy (non-hydrogen) atoms. The molecule has 0 radical (unpaired) electrons. The van der Waals surface area contributed by atoms with Gasteiger partial charge in [-0.25, -0.2) is 0 Å². The van der Waals surface area contributed by atoms with Crippen molar-refractivity contribution in [2.45, 2.75) is 0 Å². The van der Waals surface area contributed by atoms with E-state index in [1.54, 1.807) is 0 Å². The van der Waals surface area contributed by atoms with Crippen molar-refractivity contribution in [1.29, 1.82) is 0 Å². The lowest BCUT2D eigenvalue weighted by molar-refractivity contribution is 0.315. The Kier molecular flexibility index (Phi) is 2.16. The van der Waals surface area contributed by atoms with Crippen LogP contribution in [0.4, 0.5) is 5.69 Å². The largest absolute Gasteiger partial charge is 0.270 e. The Morgan fingerprint density at radius 3 is 2.79 bits per heavy atom. The highest BCUT2D eigenvalue weighted by molar-refractivity contribution is 14.1. The Morgan fingerprint density at radius 2 is 1.95 bits per heavy atom. The van der Waals surface area contributed by atoms with Gasteiger partial charge in [0, 0.05) is 14.3 Å². The van der Waals surface area contributed by atoms with Crippen molar-refractivity contribution in [3.63, 3.8) is 0 Å². The van der Waals surface area contributed by atoms with Crippen LogP contribution < -0.4 is 0 Å². The third kappa shape index (κ3) is 1.43. The number of nitroso groups, excluding NO2 is 1. The third-order valence-electron chi connectivity index (χ3n) is 3.31. The first-order chi connectivity index (χ1) is 9.28. The highest BCUT2D eigenvalue weighted by Gasteiger charge is 2.15. The minimum atomic E-state index is 0.472. The lowest BCUT2D eigenvalue weighted by atomic mass is 10.1. The summed E-state index contributed by atoms with van der Waals surface area (Å²) < 4.78 is 5.90. The van der Waals surface area contributed by atoms with Gasteiger partial charge in [0.2, 0.25) is 0 Å². The topological polar surface area (TPSA) is 71.2 Å². The number of H-pyrrole nitrogens is 1. The number of halogens is 1. The molecule has 0 atom stereocenters. The van der Waals surface area contributed by atoms with Gasteiger partial charge in [0.25, 0.3) is 0 Å². The number of fused-ring (bicyclic) bond motifs is 4. The van der Waals surface area contributed by atoms with Crippen molar-refractivity contribution in [1.82, 2.24) is 10.3 Å². The fourth-order valence-electron chi connectivity index (χ4n) is 2.48. The van der Waals surface area contributed by atoms with Gasteiger partial charge in [0.05, 0.1) is 0 Å². The zero-order valence-corrected chi connectivity index (χ0v) is 11.6. The molecule has 3 aromatic carbocycles. The third-order valence-corrected chi connectivity index (χ3v) is 3.98. The molecule has 0 spiro atoms. The second-order valence-corrected chi connectivity index (χ2v) is 5.58. The van der Waals surface area contributed by atoms with Gasteiger partial charge in [-0.05, 0) is 62.8 Å². The van der Waals surface area contributed by atoms with Gasteiger partial charge in [-0.15, -0.1) is 4.91 Å². The maximum atomic E-state index is 11.2. The molecule has 1 aromatic heterocycles. The number of hydrogen-bond acceptors (Lipinski definition) is 4. The van der Waals surface area contributed by atoms with Crippen molar-refractivity contribution in [3.05, 3.63) is 38.8 Å². The van der Waals surface area contributed by atoms with Crippen LogP contribution in [0.2, 0.25) is 0 Å². The average molecular weight is 363 g/mol. The number of benzene rings is 2. The molecular weight excluding hydrogens is 357 g/mol. The zero-order chi connectivity index (χ0) is 13.0. The van der Waals surface area contributed by atoms with Crippen molar-refractivity contribution < 1.29 is 4.63 Å². The molecule has 6 heteroatoms. The maximum Gasteiger partial charge on any atom is 0.133 e. The predicted molar refractivity (Wildman–Crippen MR) is 81.5 cm³/mol. The first-order valence-corrected chi connectivity index (χ1v) is 6.68. The summed E-state index contributed by atoms with van der Waals surface area (Å²) in [6.45, 7) is 0. The van der Waals surface area contributed by atoms with E-state index in [4.69, 9.17) is 4.63 Å². The van der Waals surface area contributed by atoms with E-state index in [1.165, 1.54) is 0 Å². The van der Waals surface area contributed by atoms with E-state index >= 15 is 0 Å². The number of aromatic nitrogens is 2. The summed E-state index contributed by atoms with van der Waals surface area (Å²) in [7, 11) is 0. The molecule has 0 aliphatic rings. The average Bonchev–Trinajstić information content (AvgIpc) is 2.96. The van der Waals surface area contributed by atoms with Crippen molar-refractivity contribution in [3.8, 4) is 0 Å². The second-order valence-electron chi connectivity index (χ2n) is 4.33. The van der Waals surface area contributed by atoms with E-state index in [1.807, 2.05) is 30.3 Å². The molecule has 1 heterocycles. The molecule has 5 nitrogen and oxygen atoms in total. The second kappa shape index (κ2) is 3.77. The first-order valence-electron chi connectivity index (χ1n) is 5.60. The lowest BCUT2D eigenvalue weighted by Crippen LogP contribution is -1.71. The van der Waals surface area contributed by atoms with Gasteiger partial charge in [-0.3, -0.25) is 4.63 Å². The number of nitrogens with one attached hydrogen (secondary N) is 1. The molecule has 0 saturated heterocycles.